The van der Waals surface area contributed by atoms with E-state index in [-0.39, 0.29) is 24.8 Å². The van der Waals surface area contributed by atoms with Gasteiger partial charge >= 0.3 is 28.4 Å². The van der Waals surface area contributed by atoms with Crippen LogP contribution in [-0.4, -0.2) is 4.21 Å². The molecule has 0 atom stereocenters. The van der Waals surface area contributed by atoms with Crippen molar-refractivity contribution in [2.24, 2.45) is 0 Å². The Bertz CT molecular complexity index is 862. The molecule has 176 valence electrons. The fraction of sp³-hybridized carbons (Fsp3) is 0.167. The summed E-state index contributed by atoms with van der Waals surface area (Å²) < 4.78 is 3.34. The Morgan fingerprint density at radius 3 is 2.00 bits per heavy atom. The van der Waals surface area contributed by atoms with Gasteiger partial charge in [-0.1, -0.05) is 54.8 Å². The third kappa shape index (κ3) is 13.6. The SMILES string of the molecule is Cl.Cl.[C-]1=CC=CC1.[CH2-]CCC.[CH2-]c1ccccc1.[CH2]=[Zr].[c-]1cccc2c1Cc1ccccc1-2. The zero-order valence-electron chi connectivity index (χ0n) is 19.4. The number of allylic oxidation sites excluding steroid dienone is 4. The maximum absolute atomic E-state index is 3.72. The van der Waals surface area contributed by atoms with Gasteiger partial charge in [-0.3, -0.25) is 6.08 Å². The molecule has 0 fully saturated rings. The monoisotopic (exact) mass is 554 g/mol. The van der Waals surface area contributed by atoms with Crippen LogP contribution in [0.1, 0.15) is 42.9 Å². The average Bonchev–Trinajstić information content (AvgIpc) is 3.53. The predicted octanol–water partition coefficient (Wildman–Crippen LogP) is 8.66. The topological polar surface area (TPSA) is 0 Å². The summed E-state index contributed by atoms with van der Waals surface area (Å²) in [4.78, 5) is 0. The molecule has 0 saturated carbocycles. The minimum atomic E-state index is 0. The third-order valence-electron chi connectivity index (χ3n) is 4.40. The molecule has 0 aliphatic heterocycles. The van der Waals surface area contributed by atoms with Gasteiger partial charge < -0.3 is 6.92 Å². The minimum Gasteiger partial charge on any atom is -0.179 e. The Morgan fingerprint density at radius 1 is 0.909 bits per heavy atom. The normalized spacial score (nSPS) is 10.3. The molecule has 0 radical (unpaired) electrons. The fourth-order valence-corrected chi connectivity index (χ4v) is 2.82. The molecule has 33 heavy (non-hydrogen) atoms. The molecule has 0 amide bonds. The summed E-state index contributed by atoms with van der Waals surface area (Å²) in [5.41, 5.74) is 6.58. The molecule has 0 spiro atoms. The number of hydrogen-bond donors (Lipinski definition) is 0. The predicted molar refractivity (Wildman–Crippen MR) is 148 cm³/mol. The molecule has 2 aliphatic rings. The van der Waals surface area contributed by atoms with E-state index in [0.29, 0.717) is 0 Å². The summed E-state index contributed by atoms with van der Waals surface area (Å²) in [7, 11) is 0. The zero-order valence-corrected chi connectivity index (χ0v) is 23.5. The Labute approximate surface area is 229 Å². The van der Waals surface area contributed by atoms with Crippen molar-refractivity contribution in [2.75, 3.05) is 0 Å². The average molecular weight is 557 g/mol. The fourth-order valence-electron chi connectivity index (χ4n) is 2.82. The van der Waals surface area contributed by atoms with Crippen molar-refractivity contribution < 1.29 is 24.2 Å². The molecule has 3 aromatic carbocycles. The van der Waals surface area contributed by atoms with E-state index in [4.69, 9.17) is 0 Å². The quantitative estimate of drug-likeness (QED) is 0.206. The first-order valence-corrected chi connectivity index (χ1v) is 12.3. The van der Waals surface area contributed by atoms with Crippen LogP contribution in [0.4, 0.5) is 0 Å². The third-order valence-corrected chi connectivity index (χ3v) is 4.40. The number of rotatable bonds is 1. The van der Waals surface area contributed by atoms with E-state index < -0.39 is 0 Å². The van der Waals surface area contributed by atoms with Gasteiger partial charge in [-0.25, -0.2) is 12.2 Å². The molecule has 5 rings (SSSR count). The maximum atomic E-state index is 3.72. The molecular weight excluding hydrogens is 522 g/mol. The van der Waals surface area contributed by atoms with Crippen molar-refractivity contribution in [1.29, 1.82) is 0 Å². The van der Waals surface area contributed by atoms with Crippen LogP contribution in [0.15, 0.2) is 91.0 Å². The van der Waals surface area contributed by atoms with Crippen molar-refractivity contribution in [1.82, 2.24) is 0 Å². The molecule has 0 aromatic heterocycles. The Kier molecular flexibility index (Phi) is 22.5. The van der Waals surface area contributed by atoms with E-state index in [2.05, 4.69) is 79.6 Å². The van der Waals surface area contributed by atoms with Crippen LogP contribution in [-0.2, 0) is 30.7 Å². The van der Waals surface area contributed by atoms with Crippen LogP contribution in [0.3, 0.4) is 0 Å². The van der Waals surface area contributed by atoms with Crippen molar-refractivity contribution >= 4 is 29.0 Å². The Morgan fingerprint density at radius 2 is 1.52 bits per heavy atom. The molecule has 0 nitrogen and oxygen atoms in total. The van der Waals surface area contributed by atoms with E-state index in [0.717, 1.165) is 24.8 Å². The first-order chi connectivity index (χ1) is 15.3. The molecule has 2 aliphatic carbocycles. The van der Waals surface area contributed by atoms with Gasteiger partial charge in [0.15, 0.2) is 0 Å². The first-order valence-electron chi connectivity index (χ1n) is 10.6. The van der Waals surface area contributed by atoms with Gasteiger partial charge in [0.2, 0.25) is 0 Å². The van der Waals surface area contributed by atoms with Crippen molar-refractivity contribution in [3.8, 4) is 11.1 Å². The minimum absolute atomic E-state index is 0. The maximum Gasteiger partial charge on any atom is -0.0253 e. The van der Waals surface area contributed by atoms with Crippen LogP contribution >= 0.6 is 24.8 Å². The standard InChI is InChI=1S/C13H9.C7H7.C5H5.C4H9.CH2.2ClH.Zr/c1-3-7-12-10(5-1)9-11-6-2-4-8-13(11)12;1-7-5-3-2-4-6-7;1-2-4-5-3-1;1-3-4-2;;;;/h1-5,7-8H,9H2;2-6H,1H2;1-3H,4H2;1,3-4H2,2H3;1H2;2*1H;/q4*-1;;;;. The second-order valence-corrected chi connectivity index (χ2v) is 6.74. The molecule has 3 heteroatoms. The van der Waals surface area contributed by atoms with Crippen LogP contribution < -0.4 is 0 Å². The van der Waals surface area contributed by atoms with E-state index in [1.165, 1.54) is 52.9 Å². The number of benzene rings is 3. The van der Waals surface area contributed by atoms with E-state index in [1.54, 1.807) is 0 Å². The largest absolute Gasteiger partial charge is 0.179 e. The molecule has 0 N–H and O–H groups in total. The second kappa shape index (κ2) is 22.2. The molecule has 3 aromatic rings. The van der Waals surface area contributed by atoms with Crippen LogP contribution in [0.2, 0.25) is 0 Å². The number of unbranched alkanes of at least 4 members (excludes halogenated alkanes) is 1. The Hall–Kier alpha value is -1.66. The van der Waals surface area contributed by atoms with Gasteiger partial charge in [-0.2, -0.15) is 66.9 Å². The zero-order chi connectivity index (χ0) is 22.7. The van der Waals surface area contributed by atoms with Gasteiger partial charge in [0.25, 0.3) is 0 Å². The van der Waals surface area contributed by atoms with E-state index in [1.807, 2.05) is 48.6 Å². The van der Waals surface area contributed by atoms with Crippen molar-refractivity contribution in [3.05, 3.63) is 134 Å². The summed E-state index contributed by atoms with van der Waals surface area (Å²) in [5, 5.41) is 0. The van der Waals surface area contributed by atoms with Crippen molar-refractivity contribution in [3.63, 3.8) is 0 Å². The van der Waals surface area contributed by atoms with E-state index in [9.17, 15) is 0 Å². The molecule has 0 unspecified atom stereocenters. The summed E-state index contributed by atoms with van der Waals surface area (Å²) in [5.74, 6) is 0. The molecule has 0 bridgehead atoms. The van der Waals surface area contributed by atoms with Crippen LogP contribution in [0, 0.1) is 26.0 Å². The van der Waals surface area contributed by atoms with E-state index >= 15 is 0 Å². The van der Waals surface area contributed by atoms with Gasteiger partial charge in [0.1, 0.15) is 0 Å². The smallest absolute Gasteiger partial charge is 0.0253 e. The second-order valence-electron chi connectivity index (χ2n) is 6.74. The molecular formula is C30H34Cl2Zr-4. The number of halogens is 2. The first kappa shape index (κ1) is 33.5. The number of hydrogen-bond acceptors (Lipinski definition) is 0. The van der Waals surface area contributed by atoms with Crippen LogP contribution in [0.5, 0.6) is 0 Å². The summed E-state index contributed by atoms with van der Waals surface area (Å²) in [6, 6.07) is 28.0. The van der Waals surface area contributed by atoms with Crippen molar-refractivity contribution in [2.45, 2.75) is 32.6 Å². The van der Waals surface area contributed by atoms with Gasteiger partial charge in [-0.15, -0.1) is 48.9 Å². The summed E-state index contributed by atoms with van der Waals surface area (Å²) in [6.45, 7) is 9.44. The summed E-state index contributed by atoms with van der Waals surface area (Å²) >= 11 is 1.30. The van der Waals surface area contributed by atoms with Gasteiger partial charge in [0, 0.05) is 0 Å². The molecule has 0 heterocycles. The van der Waals surface area contributed by atoms with Crippen LogP contribution in [0.25, 0.3) is 11.1 Å². The van der Waals surface area contributed by atoms with Gasteiger partial charge in [-0.05, 0) is 6.42 Å². The number of fused-ring (bicyclic) bond motifs is 3. The summed E-state index contributed by atoms with van der Waals surface area (Å²) in [6.07, 6.45) is 13.3. The molecule has 0 saturated heterocycles. The Balaban J connectivity index is 0. The van der Waals surface area contributed by atoms with Gasteiger partial charge in [0.05, 0.1) is 0 Å².